The third-order valence-corrected chi connectivity index (χ3v) is 3.36. The molecule has 19 heavy (non-hydrogen) atoms. The Kier molecular flexibility index (Phi) is 2.84. The standard InChI is InChI=1S/C17H13NO/c1-12-9-13(11-19)5-6-15(12)16-4-2-3-14-7-8-18-10-17(14)16/h2-11H,1H3. The van der Waals surface area contributed by atoms with Crippen LogP contribution < -0.4 is 0 Å². The first-order valence-electron chi connectivity index (χ1n) is 6.18. The van der Waals surface area contributed by atoms with Gasteiger partial charge in [0, 0.05) is 23.3 Å². The molecule has 0 aliphatic rings. The van der Waals surface area contributed by atoms with Gasteiger partial charge in [0.1, 0.15) is 6.29 Å². The summed E-state index contributed by atoms with van der Waals surface area (Å²) < 4.78 is 0. The minimum absolute atomic E-state index is 0.708. The van der Waals surface area contributed by atoms with Crippen molar-refractivity contribution in [2.75, 3.05) is 0 Å². The van der Waals surface area contributed by atoms with Crippen LogP contribution in [0.1, 0.15) is 15.9 Å². The number of pyridine rings is 1. The molecule has 2 nitrogen and oxygen atoms in total. The maximum atomic E-state index is 10.8. The van der Waals surface area contributed by atoms with Crippen LogP contribution in [0, 0.1) is 6.92 Å². The van der Waals surface area contributed by atoms with Crippen LogP contribution in [-0.2, 0) is 0 Å². The summed E-state index contributed by atoms with van der Waals surface area (Å²) in [5, 5.41) is 2.30. The zero-order valence-electron chi connectivity index (χ0n) is 10.6. The van der Waals surface area contributed by atoms with Crippen molar-refractivity contribution in [1.82, 2.24) is 4.98 Å². The van der Waals surface area contributed by atoms with Gasteiger partial charge >= 0.3 is 0 Å². The lowest BCUT2D eigenvalue weighted by molar-refractivity contribution is 0.112. The summed E-state index contributed by atoms with van der Waals surface area (Å²) in [7, 11) is 0. The second-order valence-electron chi connectivity index (χ2n) is 4.59. The Morgan fingerprint density at radius 1 is 1.05 bits per heavy atom. The van der Waals surface area contributed by atoms with E-state index >= 15 is 0 Å². The van der Waals surface area contributed by atoms with E-state index in [0.717, 1.165) is 28.4 Å². The van der Waals surface area contributed by atoms with Gasteiger partial charge in [-0.15, -0.1) is 0 Å². The smallest absolute Gasteiger partial charge is 0.150 e. The predicted octanol–water partition coefficient (Wildman–Crippen LogP) is 4.02. The van der Waals surface area contributed by atoms with Crippen LogP contribution in [-0.4, -0.2) is 11.3 Å². The molecular weight excluding hydrogens is 234 g/mol. The molecule has 0 spiro atoms. The van der Waals surface area contributed by atoms with Crippen LogP contribution in [0.25, 0.3) is 21.9 Å². The summed E-state index contributed by atoms with van der Waals surface area (Å²) in [6, 6.07) is 14.0. The fourth-order valence-corrected chi connectivity index (χ4v) is 2.41. The normalized spacial score (nSPS) is 10.6. The van der Waals surface area contributed by atoms with E-state index in [1.807, 2.05) is 43.5 Å². The Hall–Kier alpha value is -2.48. The Morgan fingerprint density at radius 2 is 1.95 bits per heavy atom. The van der Waals surface area contributed by atoms with Gasteiger partial charge in [0.05, 0.1) is 0 Å². The Bertz CT molecular complexity index is 757. The molecule has 0 aliphatic heterocycles. The lowest BCUT2D eigenvalue weighted by Gasteiger charge is -2.09. The van der Waals surface area contributed by atoms with E-state index in [4.69, 9.17) is 0 Å². The van der Waals surface area contributed by atoms with E-state index < -0.39 is 0 Å². The SMILES string of the molecule is Cc1cc(C=O)ccc1-c1cccc2ccncc12. The molecule has 0 atom stereocenters. The molecule has 0 bridgehead atoms. The fourth-order valence-electron chi connectivity index (χ4n) is 2.41. The van der Waals surface area contributed by atoms with Gasteiger partial charge < -0.3 is 0 Å². The van der Waals surface area contributed by atoms with E-state index in [0.29, 0.717) is 5.56 Å². The largest absolute Gasteiger partial charge is 0.298 e. The molecule has 0 aliphatic carbocycles. The summed E-state index contributed by atoms with van der Waals surface area (Å²) in [6.45, 7) is 2.03. The average molecular weight is 247 g/mol. The maximum absolute atomic E-state index is 10.8. The first-order valence-corrected chi connectivity index (χ1v) is 6.18. The van der Waals surface area contributed by atoms with Gasteiger partial charge in [0.15, 0.2) is 0 Å². The monoisotopic (exact) mass is 247 g/mol. The molecule has 0 saturated heterocycles. The van der Waals surface area contributed by atoms with Crippen molar-refractivity contribution in [2.24, 2.45) is 0 Å². The number of aldehydes is 1. The molecule has 0 saturated carbocycles. The molecule has 2 heteroatoms. The van der Waals surface area contributed by atoms with Gasteiger partial charge in [-0.25, -0.2) is 0 Å². The van der Waals surface area contributed by atoms with Crippen LogP contribution in [0.3, 0.4) is 0 Å². The minimum Gasteiger partial charge on any atom is -0.298 e. The van der Waals surface area contributed by atoms with E-state index in [-0.39, 0.29) is 0 Å². The molecule has 0 unspecified atom stereocenters. The zero-order valence-corrected chi connectivity index (χ0v) is 10.6. The number of hydrogen-bond acceptors (Lipinski definition) is 2. The number of carbonyl (C=O) groups is 1. The predicted molar refractivity (Wildman–Crippen MR) is 77.3 cm³/mol. The lowest BCUT2D eigenvalue weighted by atomic mass is 9.95. The van der Waals surface area contributed by atoms with E-state index in [1.54, 1.807) is 6.20 Å². The van der Waals surface area contributed by atoms with Crippen molar-refractivity contribution >= 4 is 17.1 Å². The Morgan fingerprint density at radius 3 is 2.74 bits per heavy atom. The topological polar surface area (TPSA) is 30.0 Å². The van der Waals surface area contributed by atoms with Gasteiger partial charge in [0.25, 0.3) is 0 Å². The molecule has 2 aromatic carbocycles. The van der Waals surface area contributed by atoms with Crippen molar-refractivity contribution < 1.29 is 4.79 Å². The number of benzene rings is 2. The number of nitrogens with zero attached hydrogens (tertiary/aromatic N) is 1. The fraction of sp³-hybridized carbons (Fsp3) is 0.0588. The van der Waals surface area contributed by atoms with Crippen LogP contribution in [0.2, 0.25) is 0 Å². The summed E-state index contributed by atoms with van der Waals surface area (Å²) in [6.07, 6.45) is 4.56. The summed E-state index contributed by atoms with van der Waals surface area (Å²) in [5.41, 5.74) is 4.10. The van der Waals surface area contributed by atoms with Crippen LogP contribution >= 0.6 is 0 Å². The highest BCUT2D eigenvalue weighted by Gasteiger charge is 2.06. The van der Waals surface area contributed by atoms with Crippen LogP contribution in [0.5, 0.6) is 0 Å². The summed E-state index contributed by atoms with van der Waals surface area (Å²) in [4.78, 5) is 15.0. The summed E-state index contributed by atoms with van der Waals surface area (Å²) in [5.74, 6) is 0. The Balaban J connectivity index is 2.27. The molecule has 1 aromatic heterocycles. The zero-order chi connectivity index (χ0) is 13.2. The highest BCUT2D eigenvalue weighted by molar-refractivity contribution is 5.97. The molecule has 3 aromatic rings. The number of aromatic nitrogens is 1. The average Bonchev–Trinajstić information content (AvgIpc) is 2.46. The summed E-state index contributed by atoms with van der Waals surface area (Å²) >= 11 is 0. The minimum atomic E-state index is 0.708. The highest BCUT2D eigenvalue weighted by atomic mass is 16.1. The second kappa shape index (κ2) is 4.65. The Labute approximate surface area is 111 Å². The van der Waals surface area contributed by atoms with E-state index in [2.05, 4.69) is 17.1 Å². The van der Waals surface area contributed by atoms with Gasteiger partial charge in [-0.05, 0) is 41.1 Å². The third kappa shape index (κ3) is 2.02. The molecule has 0 N–H and O–H groups in total. The number of carbonyl (C=O) groups excluding carboxylic acids is 1. The van der Waals surface area contributed by atoms with Crippen LogP contribution in [0.15, 0.2) is 54.9 Å². The quantitative estimate of drug-likeness (QED) is 0.640. The van der Waals surface area contributed by atoms with Crippen LogP contribution in [0.4, 0.5) is 0 Å². The maximum Gasteiger partial charge on any atom is 0.150 e. The van der Waals surface area contributed by atoms with Gasteiger partial charge in [-0.3, -0.25) is 9.78 Å². The highest BCUT2D eigenvalue weighted by Crippen LogP contribution is 2.30. The van der Waals surface area contributed by atoms with Gasteiger partial charge in [-0.2, -0.15) is 0 Å². The number of aryl methyl sites for hydroxylation is 1. The molecule has 92 valence electrons. The third-order valence-electron chi connectivity index (χ3n) is 3.36. The molecule has 3 rings (SSSR count). The molecule has 1 heterocycles. The van der Waals surface area contributed by atoms with Crippen molar-refractivity contribution in [1.29, 1.82) is 0 Å². The van der Waals surface area contributed by atoms with Gasteiger partial charge in [-0.1, -0.05) is 30.3 Å². The number of fused-ring (bicyclic) bond motifs is 1. The van der Waals surface area contributed by atoms with Crippen molar-refractivity contribution in [3.05, 3.63) is 66.0 Å². The molecule has 0 amide bonds. The molecule has 0 fully saturated rings. The first kappa shape index (κ1) is 11.6. The second-order valence-corrected chi connectivity index (χ2v) is 4.59. The van der Waals surface area contributed by atoms with Crippen molar-refractivity contribution in [3.63, 3.8) is 0 Å². The van der Waals surface area contributed by atoms with Crippen molar-refractivity contribution in [2.45, 2.75) is 6.92 Å². The van der Waals surface area contributed by atoms with Crippen molar-refractivity contribution in [3.8, 4) is 11.1 Å². The number of rotatable bonds is 2. The van der Waals surface area contributed by atoms with Gasteiger partial charge in [0.2, 0.25) is 0 Å². The van der Waals surface area contributed by atoms with E-state index in [1.165, 1.54) is 5.39 Å². The van der Waals surface area contributed by atoms with E-state index in [9.17, 15) is 4.79 Å². The first-order chi connectivity index (χ1) is 9.29. The lowest BCUT2D eigenvalue weighted by Crippen LogP contribution is -1.88. The molecule has 0 radical (unpaired) electrons. The molecular formula is C17H13NO. The number of hydrogen-bond donors (Lipinski definition) is 0.